The molecule has 0 aliphatic rings. The molecule has 3 heteroatoms. The average Bonchev–Trinajstić information content (AvgIpc) is 2.18. The predicted molar refractivity (Wildman–Crippen MR) is 60.6 cm³/mol. The maximum absolute atomic E-state index is 11.0. The quantitative estimate of drug-likeness (QED) is 0.569. The van der Waals surface area contributed by atoms with E-state index in [9.17, 15) is 4.79 Å². The van der Waals surface area contributed by atoms with E-state index < -0.39 is 0 Å². The molecule has 0 fully saturated rings. The van der Waals surface area contributed by atoms with Crippen molar-refractivity contribution in [1.29, 1.82) is 0 Å². The molecule has 0 spiro atoms. The number of nitrogens with one attached hydrogen (secondary N) is 1. The lowest BCUT2D eigenvalue weighted by atomic mass is 10.2. The predicted octanol–water partition coefficient (Wildman–Crippen LogP) is 1.29. The molecule has 0 heterocycles. The van der Waals surface area contributed by atoms with Crippen molar-refractivity contribution in [3.05, 3.63) is 0 Å². The van der Waals surface area contributed by atoms with Crippen LogP contribution in [0.1, 0.15) is 32.6 Å². The third-order valence-electron chi connectivity index (χ3n) is 2.36. The fourth-order valence-electron chi connectivity index (χ4n) is 1.36. The fraction of sp³-hybridized carbons (Fsp3) is 0.909. The highest BCUT2D eigenvalue weighted by molar-refractivity contribution is 5.77. The van der Waals surface area contributed by atoms with Crippen molar-refractivity contribution < 1.29 is 4.79 Å². The van der Waals surface area contributed by atoms with Crippen molar-refractivity contribution in [3.63, 3.8) is 0 Å². The monoisotopic (exact) mass is 200 g/mol. The van der Waals surface area contributed by atoms with Crippen molar-refractivity contribution in [1.82, 2.24) is 10.2 Å². The van der Waals surface area contributed by atoms with Gasteiger partial charge in [-0.05, 0) is 46.6 Å². The van der Waals surface area contributed by atoms with Gasteiger partial charge in [0.15, 0.2) is 0 Å². The molecule has 0 aromatic rings. The number of hydrogen-bond donors (Lipinski definition) is 1. The van der Waals surface area contributed by atoms with Crippen LogP contribution in [0.4, 0.5) is 0 Å². The molecule has 0 aliphatic heterocycles. The van der Waals surface area contributed by atoms with Gasteiger partial charge in [-0.25, -0.2) is 0 Å². The van der Waals surface area contributed by atoms with Crippen LogP contribution in [0.3, 0.4) is 0 Å². The van der Waals surface area contributed by atoms with Crippen LogP contribution in [0.15, 0.2) is 0 Å². The zero-order valence-electron chi connectivity index (χ0n) is 9.81. The van der Waals surface area contributed by atoms with E-state index in [1.54, 1.807) is 0 Å². The van der Waals surface area contributed by atoms with Crippen molar-refractivity contribution in [3.8, 4) is 0 Å². The Morgan fingerprint density at radius 2 is 1.93 bits per heavy atom. The van der Waals surface area contributed by atoms with Crippen molar-refractivity contribution in [2.24, 2.45) is 0 Å². The summed E-state index contributed by atoms with van der Waals surface area (Å²) in [7, 11) is 4.09. The van der Waals surface area contributed by atoms with Gasteiger partial charge in [-0.3, -0.25) is 4.79 Å². The molecule has 0 rings (SSSR count). The van der Waals surface area contributed by atoms with Crippen LogP contribution in [0.25, 0.3) is 0 Å². The lowest BCUT2D eigenvalue weighted by molar-refractivity contribution is -0.118. The minimum Gasteiger partial charge on any atom is -0.320 e. The Hall–Kier alpha value is -0.410. The normalized spacial score (nSPS) is 10.9. The van der Waals surface area contributed by atoms with Gasteiger partial charge in [0.05, 0.1) is 0 Å². The SMILES string of the molecule is CCC(=O)CCCN(C)CCCNC. The first kappa shape index (κ1) is 13.6. The minimum absolute atomic E-state index is 0.383. The number of rotatable bonds is 9. The van der Waals surface area contributed by atoms with Crippen LogP contribution in [0.2, 0.25) is 0 Å². The Kier molecular flexibility index (Phi) is 8.89. The molecule has 0 aromatic heterocycles. The largest absolute Gasteiger partial charge is 0.320 e. The number of carbonyl (C=O) groups excluding carboxylic acids is 1. The summed E-state index contributed by atoms with van der Waals surface area (Å²) in [6.07, 6.45) is 3.60. The molecule has 14 heavy (non-hydrogen) atoms. The van der Waals surface area contributed by atoms with E-state index in [1.165, 1.54) is 6.42 Å². The van der Waals surface area contributed by atoms with Gasteiger partial charge in [-0.2, -0.15) is 0 Å². The summed E-state index contributed by atoms with van der Waals surface area (Å²) in [5.74, 6) is 0.383. The second-order valence-electron chi connectivity index (χ2n) is 3.76. The number of nitrogens with zero attached hydrogens (tertiary/aromatic N) is 1. The second kappa shape index (κ2) is 9.16. The van der Waals surface area contributed by atoms with E-state index in [-0.39, 0.29) is 0 Å². The summed E-state index contributed by atoms with van der Waals surface area (Å²) < 4.78 is 0. The van der Waals surface area contributed by atoms with E-state index >= 15 is 0 Å². The van der Waals surface area contributed by atoms with Crippen molar-refractivity contribution in [2.45, 2.75) is 32.6 Å². The van der Waals surface area contributed by atoms with Crippen LogP contribution in [-0.2, 0) is 4.79 Å². The van der Waals surface area contributed by atoms with Gasteiger partial charge in [0, 0.05) is 12.8 Å². The van der Waals surface area contributed by atoms with Crippen LogP contribution in [0, 0.1) is 0 Å². The average molecular weight is 200 g/mol. The van der Waals surface area contributed by atoms with Gasteiger partial charge in [-0.1, -0.05) is 6.92 Å². The molecule has 0 atom stereocenters. The molecular formula is C11H24N2O. The number of ketones is 1. The lowest BCUT2D eigenvalue weighted by Gasteiger charge is -2.15. The molecule has 0 aromatic carbocycles. The van der Waals surface area contributed by atoms with Gasteiger partial charge in [0.25, 0.3) is 0 Å². The Morgan fingerprint density at radius 3 is 2.50 bits per heavy atom. The Balaban J connectivity index is 3.26. The van der Waals surface area contributed by atoms with Crippen LogP contribution in [0.5, 0.6) is 0 Å². The number of hydrogen-bond acceptors (Lipinski definition) is 3. The zero-order valence-corrected chi connectivity index (χ0v) is 9.81. The molecule has 0 amide bonds. The van der Waals surface area contributed by atoms with Gasteiger partial charge >= 0.3 is 0 Å². The molecule has 0 radical (unpaired) electrons. The van der Waals surface area contributed by atoms with E-state index in [0.717, 1.165) is 32.5 Å². The molecule has 1 N–H and O–H groups in total. The zero-order chi connectivity index (χ0) is 10.8. The van der Waals surface area contributed by atoms with Crippen molar-refractivity contribution in [2.75, 3.05) is 33.7 Å². The first-order valence-corrected chi connectivity index (χ1v) is 5.55. The van der Waals surface area contributed by atoms with Gasteiger partial charge in [-0.15, -0.1) is 0 Å². The molecule has 84 valence electrons. The molecule has 0 saturated carbocycles. The van der Waals surface area contributed by atoms with Crippen LogP contribution >= 0.6 is 0 Å². The number of carbonyl (C=O) groups is 1. The first-order valence-electron chi connectivity index (χ1n) is 5.55. The molecular weight excluding hydrogens is 176 g/mol. The maximum Gasteiger partial charge on any atom is 0.132 e. The minimum atomic E-state index is 0.383. The molecule has 3 nitrogen and oxygen atoms in total. The van der Waals surface area contributed by atoms with Gasteiger partial charge < -0.3 is 10.2 Å². The van der Waals surface area contributed by atoms with Crippen LogP contribution in [-0.4, -0.2) is 44.4 Å². The smallest absolute Gasteiger partial charge is 0.132 e. The molecule has 0 unspecified atom stereocenters. The summed E-state index contributed by atoms with van der Waals surface area (Å²) in [6, 6.07) is 0. The van der Waals surface area contributed by atoms with E-state index in [1.807, 2.05) is 14.0 Å². The summed E-state index contributed by atoms with van der Waals surface area (Å²) in [5.41, 5.74) is 0. The number of Topliss-reactive ketones (excluding diaryl/α,β-unsaturated/α-hetero) is 1. The highest BCUT2D eigenvalue weighted by Gasteiger charge is 2.00. The topological polar surface area (TPSA) is 32.3 Å². The third kappa shape index (κ3) is 8.20. The van der Waals surface area contributed by atoms with Gasteiger partial charge in [0.1, 0.15) is 5.78 Å². The third-order valence-corrected chi connectivity index (χ3v) is 2.36. The van der Waals surface area contributed by atoms with E-state index in [0.29, 0.717) is 12.2 Å². The summed E-state index contributed by atoms with van der Waals surface area (Å²) >= 11 is 0. The van der Waals surface area contributed by atoms with E-state index in [4.69, 9.17) is 0 Å². The Morgan fingerprint density at radius 1 is 1.29 bits per heavy atom. The second-order valence-corrected chi connectivity index (χ2v) is 3.76. The molecule has 0 saturated heterocycles. The summed E-state index contributed by atoms with van der Waals surface area (Å²) in [4.78, 5) is 13.3. The standard InChI is InChI=1S/C11H24N2O/c1-4-11(14)7-5-9-13(3)10-6-8-12-2/h12H,4-10H2,1-3H3. The highest BCUT2D eigenvalue weighted by atomic mass is 16.1. The lowest BCUT2D eigenvalue weighted by Crippen LogP contribution is -2.24. The Labute approximate surface area is 87.9 Å². The van der Waals surface area contributed by atoms with Gasteiger partial charge in [0.2, 0.25) is 0 Å². The van der Waals surface area contributed by atoms with Crippen LogP contribution < -0.4 is 5.32 Å². The first-order chi connectivity index (χ1) is 6.70. The maximum atomic E-state index is 11.0. The Bertz CT molecular complexity index is 148. The fourth-order valence-corrected chi connectivity index (χ4v) is 1.36. The highest BCUT2D eigenvalue weighted by Crippen LogP contribution is 1.97. The van der Waals surface area contributed by atoms with E-state index in [2.05, 4.69) is 17.3 Å². The van der Waals surface area contributed by atoms with Crippen molar-refractivity contribution >= 4 is 5.78 Å². The molecule has 0 bridgehead atoms. The summed E-state index contributed by atoms with van der Waals surface area (Å²) in [6.45, 7) is 5.15. The molecule has 0 aliphatic carbocycles. The summed E-state index contributed by atoms with van der Waals surface area (Å²) in [5, 5.41) is 3.13.